The Balaban J connectivity index is 1.06. The predicted molar refractivity (Wildman–Crippen MR) is 247 cm³/mol. The fraction of sp³-hybridized carbons (Fsp3) is 0.103. The topological polar surface area (TPSA) is 3.24 Å². The predicted octanol–water partition coefficient (Wildman–Crippen LogP) is 15.0. The lowest BCUT2D eigenvalue weighted by atomic mass is 9.63. The Morgan fingerprint density at radius 1 is 0.407 bits per heavy atom. The highest BCUT2D eigenvalue weighted by Gasteiger charge is 2.53. The van der Waals surface area contributed by atoms with Gasteiger partial charge in [0, 0.05) is 34.2 Å². The first-order valence-corrected chi connectivity index (χ1v) is 20.9. The number of hydrogen-bond acceptors (Lipinski definition) is 1. The molecule has 0 saturated carbocycles. The van der Waals surface area contributed by atoms with Crippen molar-refractivity contribution in [2.75, 3.05) is 4.90 Å². The highest BCUT2D eigenvalue weighted by molar-refractivity contribution is 5.91. The molecular weight excluding hydrogens is 711 g/mol. The van der Waals surface area contributed by atoms with Crippen LogP contribution in [0.15, 0.2) is 224 Å². The van der Waals surface area contributed by atoms with Crippen molar-refractivity contribution in [3.63, 3.8) is 0 Å². The number of benzene rings is 8. The van der Waals surface area contributed by atoms with E-state index in [1.54, 1.807) is 0 Å². The molecule has 0 spiro atoms. The van der Waals surface area contributed by atoms with Crippen molar-refractivity contribution in [1.29, 1.82) is 0 Å². The number of nitrogens with zero attached hydrogens (tertiary/aromatic N) is 1. The second-order valence-electron chi connectivity index (χ2n) is 16.8. The Labute approximate surface area is 348 Å². The van der Waals surface area contributed by atoms with Crippen LogP contribution in [-0.4, -0.2) is 0 Å². The average Bonchev–Trinajstić information content (AvgIpc) is 3.73. The molecule has 1 nitrogen and oxygen atoms in total. The molecule has 0 amide bonds. The number of para-hydroxylation sites is 1. The summed E-state index contributed by atoms with van der Waals surface area (Å²) in [6.07, 6.45) is 9.33. The summed E-state index contributed by atoms with van der Waals surface area (Å²) in [6.45, 7) is 4.72. The van der Waals surface area contributed by atoms with E-state index in [0.29, 0.717) is 5.92 Å². The van der Waals surface area contributed by atoms with E-state index < -0.39 is 0 Å². The molecule has 3 aliphatic carbocycles. The number of hydrogen-bond donors (Lipinski definition) is 0. The largest absolute Gasteiger partial charge is 0.310 e. The van der Waals surface area contributed by atoms with E-state index in [0.717, 1.165) is 17.1 Å². The fourth-order valence-electron chi connectivity index (χ4n) is 10.7. The second-order valence-corrected chi connectivity index (χ2v) is 16.8. The number of rotatable bonds is 7. The van der Waals surface area contributed by atoms with E-state index in [1.807, 2.05) is 0 Å². The van der Waals surface area contributed by atoms with Gasteiger partial charge in [0.2, 0.25) is 0 Å². The van der Waals surface area contributed by atoms with Crippen LogP contribution in [0.1, 0.15) is 53.1 Å². The molecule has 11 rings (SSSR count). The quantitative estimate of drug-likeness (QED) is 0.157. The molecule has 0 N–H and O–H groups in total. The first-order chi connectivity index (χ1) is 29.0. The van der Waals surface area contributed by atoms with E-state index >= 15 is 0 Å². The summed E-state index contributed by atoms with van der Waals surface area (Å²) in [5.41, 5.74) is 18.7. The summed E-state index contributed by atoms with van der Waals surface area (Å²) >= 11 is 0. The zero-order valence-electron chi connectivity index (χ0n) is 33.5. The monoisotopic (exact) mass is 755 g/mol. The Kier molecular flexibility index (Phi) is 8.27. The first-order valence-electron chi connectivity index (χ1n) is 20.9. The Bertz CT molecular complexity index is 2860. The van der Waals surface area contributed by atoms with Gasteiger partial charge in [-0.3, -0.25) is 0 Å². The maximum atomic E-state index is 2.49. The Morgan fingerprint density at radius 2 is 0.983 bits per heavy atom. The van der Waals surface area contributed by atoms with Crippen molar-refractivity contribution < 1.29 is 0 Å². The maximum absolute atomic E-state index is 2.49. The van der Waals surface area contributed by atoms with E-state index in [2.05, 4.69) is 243 Å². The van der Waals surface area contributed by atoms with Crippen LogP contribution in [0, 0.1) is 5.92 Å². The molecular formula is C58H45N. The smallest absolute Gasteiger partial charge is 0.0540 e. The van der Waals surface area contributed by atoms with Gasteiger partial charge in [0.05, 0.1) is 11.1 Å². The van der Waals surface area contributed by atoms with Crippen LogP contribution in [-0.2, 0) is 10.8 Å². The standard InChI is InChI=1S/C58H45N/c1-57(2)52-27-15-12-25-48(52)50-37-35-46(39-54(50)57)59(56-29-17-14-24-47(56)41-18-6-3-7-19-41)45-33-30-40(31-34-45)42-32-36-51-49-26-13-16-28-53(49)58(55(51)38-42,43-20-8-4-9-21-43)44-22-10-5-11-23-44/h3-39,49,53H,1-2H3. The van der Waals surface area contributed by atoms with Crippen molar-refractivity contribution in [1.82, 2.24) is 0 Å². The van der Waals surface area contributed by atoms with Crippen molar-refractivity contribution in [3.8, 4) is 33.4 Å². The molecule has 8 aromatic rings. The van der Waals surface area contributed by atoms with E-state index in [-0.39, 0.29) is 16.7 Å². The molecule has 0 fully saturated rings. The van der Waals surface area contributed by atoms with Crippen LogP contribution in [0.2, 0.25) is 0 Å². The van der Waals surface area contributed by atoms with Gasteiger partial charge >= 0.3 is 0 Å². The van der Waals surface area contributed by atoms with Crippen molar-refractivity contribution >= 4 is 17.1 Å². The summed E-state index contributed by atoms with van der Waals surface area (Å²) in [6, 6.07) is 74.4. The van der Waals surface area contributed by atoms with Gasteiger partial charge in [-0.15, -0.1) is 0 Å². The minimum absolute atomic E-state index is 0.109. The van der Waals surface area contributed by atoms with Gasteiger partial charge < -0.3 is 4.90 Å². The molecule has 0 aliphatic heterocycles. The zero-order valence-corrected chi connectivity index (χ0v) is 33.5. The maximum Gasteiger partial charge on any atom is 0.0540 e. The number of allylic oxidation sites excluding steroid dienone is 4. The van der Waals surface area contributed by atoms with Crippen molar-refractivity contribution in [2.24, 2.45) is 5.92 Å². The summed E-state index contributed by atoms with van der Waals surface area (Å²) in [7, 11) is 0. The molecule has 282 valence electrons. The lowest BCUT2D eigenvalue weighted by Crippen LogP contribution is -2.35. The highest BCUT2D eigenvalue weighted by atomic mass is 15.1. The molecule has 2 unspecified atom stereocenters. The second kappa shape index (κ2) is 13.9. The summed E-state index contributed by atoms with van der Waals surface area (Å²) in [5.74, 6) is 0.573. The van der Waals surface area contributed by atoms with Crippen LogP contribution in [0.3, 0.4) is 0 Å². The molecule has 0 radical (unpaired) electrons. The van der Waals surface area contributed by atoms with Gasteiger partial charge in [0.15, 0.2) is 0 Å². The first kappa shape index (κ1) is 35.2. The Morgan fingerprint density at radius 3 is 1.71 bits per heavy atom. The molecule has 1 heteroatoms. The van der Waals surface area contributed by atoms with Crippen LogP contribution in [0.25, 0.3) is 33.4 Å². The molecule has 59 heavy (non-hydrogen) atoms. The van der Waals surface area contributed by atoms with E-state index in [4.69, 9.17) is 0 Å². The summed E-state index contributed by atoms with van der Waals surface area (Å²) in [4.78, 5) is 2.45. The normalized spacial score (nSPS) is 17.5. The van der Waals surface area contributed by atoms with Crippen molar-refractivity contribution in [2.45, 2.75) is 30.6 Å². The molecule has 2 atom stereocenters. The van der Waals surface area contributed by atoms with Gasteiger partial charge in [-0.25, -0.2) is 0 Å². The highest BCUT2D eigenvalue weighted by Crippen LogP contribution is 2.60. The average molecular weight is 756 g/mol. The fourth-order valence-corrected chi connectivity index (χ4v) is 10.7. The van der Waals surface area contributed by atoms with E-state index in [9.17, 15) is 0 Å². The minimum Gasteiger partial charge on any atom is -0.310 e. The lowest BCUT2D eigenvalue weighted by molar-refractivity contribution is 0.457. The third kappa shape index (κ3) is 5.45. The van der Waals surface area contributed by atoms with Gasteiger partial charge in [0.1, 0.15) is 0 Å². The van der Waals surface area contributed by atoms with Crippen LogP contribution in [0.4, 0.5) is 17.1 Å². The van der Waals surface area contributed by atoms with Gasteiger partial charge in [-0.2, -0.15) is 0 Å². The minimum atomic E-state index is -0.321. The van der Waals surface area contributed by atoms with Crippen LogP contribution in [0.5, 0.6) is 0 Å². The third-order valence-corrected chi connectivity index (χ3v) is 13.4. The molecule has 3 aliphatic rings. The third-order valence-electron chi connectivity index (χ3n) is 13.4. The Hall–Kier alpha value is -6.96. The SMILES string of the molecule is CC1(C)c2ccccc2-c2ccc(N(c3ccc(-c4ccc5c(c4)C(c4ccccc4)(c4ccccc4)C4C=CC=CC54)cc3)c3ccccc3-c3ccccc3)cc21. The van der Waals surface area contributed by atoms with Crippen LogP contribution < -0.4 is 4.90 Å². The lowest BCUT2D eigenvalue weighted by Gasteiger charge is -2.39. The van der Waals surface area contributed by atoms with Gasteiger partial charge in [-0.1, -0.05) is 202 Å². The van der Waals surface area contributed by atoms with Crippen LogP contribution >= 0.6 is 0 Å². The molecule has 0 aromatic heterocycles. The summed E-state index contributed by atoms with van der Waals surface area (Å²) < 4.78 is 0. The summed E-state index contributed by atoms with van der Waals surface area (Å²) in [5, 5.41) is 0. The molecule has 0 saturated heterocycles. The number of fused-ring (bicyclic) bond motifs is 6. The number of anilines is 3. The molecule has 0 heterocycles. The van der Waals surface area contributed by atoms with Gasteiger partial charge in [0.25, 0.3) is 0 Å². The zero-order chi connectivity index (χ0) is 39.6. The van der Waals surface area contributed by atoms with Crippen molar-refractivity contribution in [3.05, 3.63) is 258 Å². The van der Waals surface area contributed by atoms with E-state index in [1.165, 1.54) is 66.8 Å². The molecule has 0 bridgehead atoms. The molecule has 8 aromatic carbocycles. The van der Waals surface area contributed by atoms with Gasteiger partial charge in [-0.05, 0) is 97.6 Å².